The van der Waals surface area contributed by atoms with E-state index in [9.17, 15) is 0 Å². The first kappa shape index (κ1) is 7.43. The Labute approximate surface area is 71.3 Å². The Morgan fingerprint density at radius 1 is 1.17 bits per heavy atom. The molecule has 1 heterocycles. The normalized spacial score (nSPS) is 17.3. The number of nitrogens with two attached hydrogens (primary N) is 2. The van der Waals surface area contributed by atoms with E-state index in [1.54, 1.807) is 0 Å². The second-order valence-corrected chi connectivity index (χ2v) is 3.12. The van der Waals surface area contributed by atoms with Gasteiger partial charge in [0.1, 0.15) is 0 Å². The smallest absolute Gasteiger partial charge is 0.0557 e. The van der Waals surface area contributed by atoms with Gasteiger partial charge >= 0.3 is 0 Å². The van der Waals surface area contributed by atoms with Crippen LogP contribution in [-0.2, 0) is 4.74 Å². The van der Waals surface area contributed by atoms with Crippen molar-refractivity contribution in [3.63, 3.8) is 0 Å². The van der Waals surface area contributed by atoms with Gasteiger partial charge < -0.3 is 16.2 Å². The van der Waals surface area contributed by atoms with Crippen LogP contribution in [0.5, 0.6) is 0 Å². The predicted octanol–water partition coefficient (Wildman–Crippen LogP) is 0.965. The highest BCUT2D eigenvalue weighted by Gasteiger charge is 2.20. The lowest BCUT2D eigenvalue weighted by atomic mass is 9.97. The zero-order valence-electron chi connectivity index (χ0n) is 6.79. The van der Waals surface area contributed by atoms with E-state index in [0.717, 1.165) is 13.2 Å². The summed E-state index contributed by atoms with van der Waals surface area (Å²) in [5, 5.41) is 0. The number of ether oxygens (including phenoxy) is 1. The summed E-state index contributed by atoms with van der Waals surface area (Å²) < 4.78 is 5.09. The van der Waals surface area contributed by atoms with E-state index in [2.05, 4.69) is 0 Å². The lowest BCUT2D eigenvalue weighted by Gasteiger charge is -2.26. The molecule has 1 aromatic carbocycles. The zero-order chi connectivity index (χ0) is 8.55. The molecular weight excluding hydrogens is 152 g/mol. The van der Waals surface area contributed by atoms with Crippen molar-refractivity contribution in [1.82, 2.24) is 0 Å². The van der Waals surface area contributed by atoms with Gasteiger partial charge in [-0.1, -0.05) is 6.07 Å². The number of hydrogen-bond donors (Lipinski definition) is 2. The Kier molecular flexibility index (Phi) is 1.66. The summed E-state index contributed by atoms with van der Waals surface area (Å²) in [6.45, 7) is 1.62. The first-order valence-electron chi connectivity index (χ1n) is 4.00. The van der Waals surface area contributed by atoms with Gasteiger partial charge in [0.25, 0.3) is 0 Å². The van der Waals surface area contributed by atoms with Crippen molar-refractivity contribution in [1.29, 1.82) is 0 Å². The number of nitrogen functional groups attached to an aromatic ring is 2. The van der Waals surface area contributed by atoms with Crippen molar-refractivity contribution in [3.05, 3.63) is 23.8 Å². The van der Waals surface area contributed by atoms with Crippen LogP contribution in [0.25, 0.3) is 0 Å². The Bertz CT molecular complexity index is 295. The van der Waals surface area contributed by atoms with Crippen molar-refractivity contribution in [2.24, 2.45) is 0 Å². The molecule has 0 aromatic heterocycles. The fourth-order valence-corrected chi connectivity index (χ4v) is 1.28. The van der Waals surface area contributed by atoms with E-state index in [-0.39, 0.29) is 0 Å². The van der Waals surface area contributed by atoms with Crippen LogP contribution in [0.1, 0.15) is 11.5 Å². The fraction of sp³-hybridized carbons (Fsp3) is 0.333. The van der Waals surface area contributed by atoms with Crippen LogP contribution in [0.2, 0.25) is 0 Å². The van der Waals surface area contributed by atoms with E-state index in [1.807, 2.05) is 18.2 Å². The average Bonchev–Trinajstić information content (AvgIpc) is 1.93. The van der Waals surface area contributed by atoms with Crippen LogP contribution in [-0.4, -0.2) is 13.2 Å². The average molecular weight is 164 g/mol. The highest BCUT2D eigenvalue weighted by atomic mass is 16.5. The van der Waals surface area contributed by atoms with Crippen LogP contribution >= 0.6 is 0 Å². The summed E-state index contributed by atoms with van der Waals surface area (Å²) in [4.78, 5) is 0. The molecule has 0 spiro atoms. The molecule has 0 unspecified atom stereocenters. The first-order chi connectivity index (χ1) is 5.77. The third kappa shape index (κ3) is 1.12. The van der Waals surface area contributed by atoms with Crippen LogP contribution in [0.3, 0.4) is 0 Å². The van der Waals surface area contributed by atoms with Gasteiger partial charge in [0, 0.05) is 5.92 Å². The van der Waals surface area contributed by atoms with E-state index >= 15 is 0 Å². The molecule has 1 aromatic rings. The predicted molar refractivity (Wildman–Crippen MR) is 48.8 cm³/mol. The van der Waals surface area contributed by atoms with Crippen LogP contribution in [0, 0.1) is 0 Å². The van der Waals surface area contributed by atoms with Crippen LogP contribution in [0.15, 0.2) is 18.2 Å². The molecule has 0 amide bonds. The van der Waals surface area contributed by atoms with Crippen LogP contribution in [0.4, 0.5) is 11.4 Å². The Morgan fingerprint density at radius 2 is 1.92 bits per heavy atom. The van der Waals surface area contributed by atoms with Gasteiger partial charge in [-0.25, -0.2) is 0 Å². The molecule has 1 aliphatic heterocycles. The van der Waals surface area contributed by atoms with Crippen molar-refractivity contribution in [3.8, 4) is 0 Å². The summed E-state index contributed by atoms with van der Waals surface area (Å²) in [6, 6.07) is 5.80. The summed E-state index contributed by atoms with van der Waals surface area (Å²) in [6.07, 6.45) is 0. The van der Waals surface area contributed by atoms with Gasteiger partial charge in [-0.3, -0.25) is 0 Å². The Hall–Kier alpha value is -1.22. The molecule has 0 bridgehead atoms. The molecule has 64 valence electrons. The monoisotopic (exact) mass is 164 g/mol. The van der Waals surface area contributed by atoms with Gasteiger partial charge in [-0.15, -0.1) is 0 Å². The third-order valence-corrected chi connectivity index (χ3v) is 2.22. The van der Waals surface area contributed by atoms with Gasteiger partial charge in [-0.05, 0) is 17.7 Å². The van der Waals surface area contributed by atoms with E-state index in [1.165, 1.54) is 5.56 Å². The number of anilines is 2. The Morgan fingerprint density at radius 3 is 2.42 bits per heavy atom. The number of benzene rings is 1. The molecule has 4 N–H and O–H groups in total. The Balaban J connectivity index is 2.27. The molecular formula is C9H12N2O. The first-order valence-corrected chi connectivity index (χ1v) is 4.00. The summed E-state index contributed by atoms with van der Waals surface area (Å²) in [7, 11) is 0. The van der Waals surface area contributed by atoms with Gasteiger partial charge in [0.2, 0.25) is 0 Å². The maximum absolute atomic E-state index is 5.67. The molecule has 0 saturated carbocycles. The minimum atomic E-state index is 0.521. The fourth-order valence-electron chi connectivity index (χ4n) is 1.28. The topological polar surface area (TPSA) is 61.3 Å². The third-order valence-electron chi connectivity index (χ3n) is 2.22. The second-order valence-electron chi connectivity index (χ2n) is 3.12. The lowest BCUT2D eigenvalue weighted by Crippen LogP contribution is -2.25. The van der Waals surface area contributed by atoms with Crippen molar-refractivity contribution in [2.75, 3.05) is 24.7 Å². The standard InChI is InChI=1S/C9H12N2O/c10-8-2-1-6(3-9(8)11)7-4-12-5-7/h1-3,7H,4-5,10-11H2. The molecule has 3 nitrogen and oxygen atoms in total. The quantitative estimate of drug-likeness (QED) is 0.608. The second kappa shape index (κ2) is 2.68. The van der Waals surface area contributed by atoms with E-state index in [4.69, 9.17) is 16.2 Å². The molecule has 1 fully saturated rings. The molecule has 12 heavy (non-hydrogen) atoms. The minimum Gasteiger partial charge on any atom is -0.397 e. The summed E-state index contributed by atoms with van der Waals surface area (Å²) >= 11 is 0. The molecule has 3 heteroatoms. The van der Waals surface area contributed by atoms with Gasteiger partial charge in [-0.2, -0.15) is 0 Å². The molecule has 0 aliphatic carbocycles. The molecule has 2 rings (SSSR count). The van der Waals surface area contributed by atoms with E-state index in [0.29, 0.717) is 17.3 Å². The molecule has 1 aliphatic rings. The molecule has 1 saturated heterocycles. The number of hydrogen-bond acceptors (Lipinski definition) is 3. The van der Waals surface area contributed by atoms with Crippen molar-refractivity contribution >= 4 is 11.4 Å². The molecule has 0 radical (unpaired) electrons. The summed E-state index contributed by atoms with van der Waals surface area (Å²) in [5.41, 5.74) is 13.8. The zero-order valence-corrected chi connectivity index (χ0v) is 6.79. The van der Waals surface area contributed by atoms with Gasteiger partial charge in [0.15, 0.2) is 0 Å². The molecule has 0 atom stereocenters. The summed E-state index contributed by atoms with van der Waals surface area (Å²) in [5.74, 6) is 0.521. The minimum absolute atomic E-state index is 0.521. The largest absolute Gasteiger partial charge is 0.397 e. The maximum atomic E-state index is 5.67. The van der Waals surface area contributed by atoms with Crippen molar-refractivity contribution in [2.45, 2.75) is 5.92 Å². The number of rotatable bonds is 1. The van der Waals surface area contributed by atoms with Crippen molar-refractivity contribution < 1.29 is 4.74 Å². The van der Waals surface area contributed by atoms with Crippen LogP contribution < -0.4 is 11.5 Å². The highest BCUT2D eigenvalue weighted by Crippen LogP contribution is 2.27. The SMILES string of the molecule is Nc1ccc(C2COC2)cc1N. The van der Waals surface area contributed by atoms with Gasteiger partial charge in [0.05, 0.1) is 24.6 Å². The lowest BCUT2D eigenvalue weighted by molar-refractivity contribution is 0.00845. The highest BCUT2D eigenvalue weighted by molar-refractivity contribution is 5.64. The van der Waals surface area contributed by atoms with E-state index < -0.39 is 0 Å². The maximum Gasteiger partial charge on any atom is 0.0557 e.